The Morgan fingerprint density at radius 1 is 0.714 bits per heavy atom. The molecule has 1 rings (SSSR count). The van der Waals surface area contributed by atoms with Gasteiger partial charge in [0.2, 0.25) is 0 Å². The topological polar surface area (TPSA) is 0 Å². The number of allylic oxidation sites excluding steroid dienone is 6. The molecule has 0 amide bonds. The Balaban J connectivity index is 3.58. The van der Waals surface area contributed by atoms with Crippen molar-refractivity contribution in [2.75, 3.05) is 0 Å². The second-order valence-electron chi connectivity index (χ2n) is 4.64. The van der Waals surface area contributed by atoms with Crippen LogP contribution in [0, 0.1) is 11.6 Å². The molecule has 0 heterocycles. The summed E-state index contributed by atoms with van der Waals surface area (Å²) in [4.78, 5) is 0. The maximum Gasteiger partial charge on any atom is 0.123 e. The third kappa shape index (κ3) is 4.57. The number of hydrogen-bond acceptors (Lipinski definition) is 0. The van der Waals surface area contributed by atoms with Crippen LogP contribution in [-0.2, 0) is 0 Å². The van der Waals surface area contributed by atoms with E-state index in [0.29, 0.717) is 5.46 Å². The lowest BCUT2D eigenvalue weighted by Gasteiger charge is -2.31. The zero-order valence-electron chi connectivity index (χ0n) is 11.9. The second-order valence-corrected chi connectivity index (χ2v) is 4.64. The summed E-state index contributed by atoms with van der Waals surface area (Å²) in [5.74, 6) is 4.37. The van der Waals surface area contributed by atoms with Crippen LogP contribution in [0.15, 0.2) is 92.3 Å². The lowest BCUT2D eigenvalue weighted by atomic mass is 9.21. The largest absolute Gasteiger partial charge is 0.233 e. The first-order valence-corrected chi connectivity index (χ1v) is 6.62. The molecule has 1 aromatic rings. The molecule has 1 aromatic carbocycles. The Bertz CT molecular complexity index is 544. The van der Waals surface area contributed by atoms with Crippen LogP contribution in [0.4, 0.5) is 8.78 Å². The first-order chi connectivity index (χ1) is 10.1. The van der Waals surface area contributed by atoms with Crippen LogP contribution in [0.25, 0.3) is 0 Å². The lowest BCUT2D eigenvalue weighted by Crippen LogP contribution is -2.43. The normalized spacial score (nSPS) is 12.3. The summed E-state index contributed by atoms with van der Waals surface area (Å²) < 4.78 is 27.1. The van der Waals surface area contributed by atoms with Crippen molar-refractivity contribution in [1.29, 1.82) is 0 Å². The van der Waals surface area contributed by atoms with Crippen LogP contribution in [0.1, 0.15) is 0 Å². The molecule has 108 valence electrons. The molecule has 0 saturated carbocycles. The maximum atomic E-state index is 13.6. The number of rotatable bonds is 7. The molecule has 0 aliphatic carbocycles. The molecule has 0 fully saturated rings. The SMILES string of the molecule is C=C/C=C/[B-](/C=C/C=C)(/C=C/C=C)c1cc(F)cc(F)c1. The molecule has 0 spiro atoms. The van der Waals surface area contributed by atoms with Gasteiger partial charge < -0.3 is 0 Å². The van der Waals surface area contributed by atoms with Gasteiger partial charge in [0.25, 0.3) is 0 Å². The van der Waals surface area contributed by atoms with E-state index in [-0.39, 0.29) is 0 Å². The summed E-state index contributed by atoms with van der Waals surface area (Å²) in [6.07, 6.45) is 8.54. The molecule has 0 aliphatic rings. The third-order valence-corrected chi connectivity index (χ3v) is 3.16. The van der Waals surface area contributed by atoms with E-state index >= 15 is 0 Å². The van der Waals surface area contributed by atoms with Gasteiger partial charge in [0, 0.05) is 6.07 Å². The molecule has 3 heteroatoms. The van der Waals surface area contributed by atoms with Gasteiger partial charge >= 0.3 is 0 Å². The van der Waals surface area contributed by atoms with Crippen LogP contribution >= 0.6 is 0 Å². The van der Waals surface area contributed by atoms with E-state index in [1.54, 1.807) is 36.5 Å². The van der Waals surface area contributed by atoms with Crippen LogP contribution in [0.3, 0.4) is 0 Å². The molecule has 0 nitrogen and oxygen atoms in total. The van der Waals surface area contributed by atoms with Crippen LogP contribution in [0.5, 0.6) is 0 Å². The highest BCUT2D eigenvalue weighted by Gasteiger charge is 2.18. The molecular formula is C18H18BF2-. The van der Waals surface area contributed by atoms with Crippen LogP contribution in [-0.4, -0.2) is 6.15 Å². The number of hydrogen-bond donors (Lipinski definition) is 0. The van der Waals surface area contributed by atoms with Gasteiger partial charge in [0.05, 0.1) is 6.15 Å². The molecule has 21 heavy (non-hydrogen) atoms. The molecule has 0 atom stereocenters. The molecule has 0 saturated heterocycles. The summed E-state index contributed by atoms with van der Waals surface area (Å²) in [5.41, 5.74) is 0.529. The van der Waals surface area contributed by atoms with Crippen molar-refractivity contribution in [3.8, 4) is 0 Å². The molecule has 0 unspecified atom stereocenters. The molecule has 0 radical (unpaired) electrons. The van der Waals surface area contributed by atoms with Crippen molar-refractivity contribution < 1.29 is 8.78 Å². The minimum absolute atomic E-state index is 0.529. The molecule has 0 bridgehead atoms. The minimum atomic E-state index is -1.58. The van der Waals surface area contributed by atoms with E-state index in [2.05, 4.69) is 19.7 Å². The fourth-order valence-corrected chi connectivity index (χ4v) is 2.18. The molecule has 0 N–H and O–H groups in total. The zero-order valence-corrected chi connectivity index (χ0v) is 11.9. The van der Waals surface area contributed by atoms with Gasteiger partial charge in [-0.05, 0) is 0 Å². The van der Waals surface area contributed by atoms with Crippen LogP contribution < -0.4 is 5.46 Å². The maximum absolute atomic E-state index is 13.6. The van der Waals surface area contributed by atoms with Gasteiger partial charge in [-0.25, -0.2) is 26.7 Å². The van der Waals surface area contributed by atoms with E-state index in [1.165, 1.54) is 12.1 Å². The predicted octanol–water partition coefficient (Wildman–Crippen LogP) is 4.46. The van der Waals surface area contributed by atoms with Gasteiger partial charge in [-0.1, -0.05) is 50.1 Å². The molecule has 0 aromatic heterocycles. The van der Waals surface area contributed by atoms with Gasteiger partial charge in [0.15, 0.2) is 0 Å². The summed E-state index contributed by atoms with van der Waals surface area (Å²) in [5, 5.41) is 0. The van der Waals surface area contributed by atoms with Gasteiger partial charge in [-0.15, -0.1) is 18.2 Å². The minimum Gasteiger partial charge on any atom is -0.233 e. The van der Waals surface area contributed by atoms with Crippen molar-refractivity contribution in [2.24, 2.45) is 0 Å². The number of benzene rings is 1. The van der Waals surface area contributed by atoms with Gasteiger partial charge in [-0.3, -0.25) is 0 Å². The third-order valence-electron chi connectivity index (χ3n) is 3.16. The van der Waals surface area contributed by atoms with Crippen molar-refractivity contribution in [3.05, 3.63) is 104 Å². The highest BCUT2D eigenvalue weighted by molar-refractivity contribution is 7.03. The van der Waals surface area contributed by atoms with Crippen molar-refractivity contribution in [1.82, 2.24) is 0 Å². The quantitative estimate of drug-likeness (QED) is 0.512. The Morgan fingerprint density at radius 2 is 1.10 bits per heavy atom. The highest BCUT2D eigenvalue weighted by atomic mass is 19.1. The highest BCUT2D eigenvalue weighted by Crippen LogP contribution is 2.14. The van der Waals surface area contributed by atoms with E-state index in [0.717, 1.165) is 6.07 Å². The van der Waals surface area contributed by atoms with Crippen molar-refractivity contribution in [2.45, 2.75) is 0 Å². The fraction of sp³-hybridized carbons (Fsp3) is 0. The average Bonchev–Trinajstić information content (AvgIpc) is 2.46. The summed E-state index contributed by atoms with van der Waals surface area (Å²) in [6.45, 7) is 10.9. The number of halogens is 2. The summed E-state index contributed by atoms with van der Waals surface area (Å²) >= 11 is 0. The first-order valence-electron chi connectivity index (χ1n) is 6.62. The Hall–Kier alpha value is -2.42. The second kappa shape index (κ2) is 8.00. The fourth-order valence-electron chi connectivity index (χ4n) is 2.18. The predicted molar refractivity (Wildman–Crippen MR) is 89.8 cm³/mol. The first kappa shape index (κ1) is 16.6. The van der Waals surface area contributed by atoms with Crippen molar-refractivity contribution >= 4 is 11.6 Å². The zero-order chi connectivity index (χ0) is 15.7. The Labute approximate surface area is 125 Å². The van der Waals surface area contributed by atoms with E-state index < -0.39 is 17.8 Å². The van der Waals surface area contributed by atoms with E-state index in [1.807, 2.05) is 17.9 Å². The van der Waals surface area contributed by atoms with Crippen molar-refractivity contribution in [3.63, 3.8) is 0 Å². The smallest absolute Gasteiger partial charge is 0.123 e. The standard InChI is InChI=1S/C18H18BF2/c1-4-7-10-19(11-8-5-2,12-9-6-3)16-13-17(20)15-18(21)14-16/h4-15H,1-3H2/q-1/b10-7+,11-8+,12-9+. The summed E-state index contributed by atoms with van der Waals surface area (Å²) in [6, 6.07) is 3.52. The van der Waals surface area contributed by atoms with Crippen LogP contribution in [0.2, 0.25) is 0 Å². The Morgan fingerprint density at radius 3 is 1.43 bits per heavy atom. The molecular weight excluding hydrogens is 265 g/mol. The molecule has 0 aliphatic heterocycles. The lowest BCUT2D eigenvalue weighted by molar-refractivity contribution is 0.585. The monoisotopic (exact) mass is 283 g/mol. The van der Waals surface area contributed by atoms with Gasteiger partial charge in [-0.2, -0.15) is 5.46 Å². The Kier molecular flexibility index (Phi) is 6.34. The summed E-state index contributed by atoms with van der Waals surface area (Å²) in [7, 11) is 0. The average molecular weight is 283 g/mol. The van der Waals surface area contributed by atoms with Gasteiger partial charge in [0.1, 0.15) is 11.6 Å². The van der Waals surface area contributed by atoms with E-state index in [9.17, 15) is 8.78 Å². The van der Waals surface area contributed by atoms with E-state index in [4.69, 9.17) is 0 Å².